The Morgan fingerprint density at radius 1 is 0.528 bits per heavy atom. The number of aliphatic carboxylic acids is 2. The molecule has 10 amide bonds. The molecule has 0 bridgehead atoms. The highest BCUT2D eigenvalue weighted by Crippen LogP contribution is 2.19. The molecule has 0 aliphatic carbocycles. The Bertz CT molecular complexity index is 3170. The summed E-state index contributed by atoms with van der Waals surface area (Å²) in [7, 11) is 0. The number of aromatic amines is 1. The summed E-state index contributed by atoms with van der Waals surface area (Å²) in [5.41, 5.74) is 25.1. The van der Waals surface area contributed by atoms with Gasteiger partial charge in [-0.2, -0.15) is 0 Å². The fourth-order valence-corrected chi connectivity index (χ4v) is 8.89. The van der Waals surface area contributed by atoms with E-state index in [1.807, 2.05) is 24.3 Å². The number of aromatic hydroxyl groups is 1. The number of aliphatic imine (C=N–C) groups is 1. The van der Waals surface area contributed by atoms with Crippen LogP contribution >= 0.6 is 0 Å². The Morgan fingerprint density at radius 2 is 1.02 bits per heavy atom. The molecule has 0 spiro atoms. The van der Waals surface area contributed by atoms with Crippen LogP contribution in [0.5, 0.6) is 5.75 Å². The van der Waals surface area contributed by atoms with Crippen molar-refractivity contribution in [1.29, 1.82) is 0 Å². The fraction of sp³-hybridized carbons (Fsp3) is 0.431. The normalized spacial score (nSPS) is 14.4. The second-order valence-corrected chi connectivity index (χ2v) is 21.4. The van der Waals surface area contributed by atoms with Crippen LogP contribution in [0.15, 0.2) is 90.1 Å². The zero-order chi connectivity index (χ0) is 66.1. The number of nitrogens with one attached hydrogen (secondary N) is 10. The first-order valence-corrected chi connectivity index (χ1v) is 28.3. The van der Waals surface area contributed by atoms with Gasteiger partial charge in [0.05, 0.1) is 19.1 Å². The topological polar surface area (TPSA) is 526 Å². The van der Waals surface area contributed by atoms with Crippen LogP contribution in [0.25, 0.3) is 10.9 Å². The van der Waals surface area contributed by atoms with E-state index in [4.69, 9.17) is 22.9 Å². The molecule has 1 aromatic heterocycles. The molecule has 31 nitrogen and oxygen atoms in total. The monoisotopic (exact) mass is 1240 g/mol. The molecule has 0 fully saturated rings. The van der Waals surface area contributed by atoms with Crippen LogP contribution in [0.4, 0.5) is 0 Å². The number of benzene rings is 3. The SMILES string of the molecule is CC(C)[C@H](NC(=O)[C@@H](Cc1ccccc1)NC(=O)[C@@H](C)NC(=O)[C@@H](C)NC(=O)[C@@H](CCC(N)=O)NC(=O)[C@@H](CCCN=C(N)N)NC(=O)[C@H](N)Cc1c[nH]c2ccccc12)C(=O)N[C@@H](CC(=O)O)C(=O)N[C@@H](CO)C(=O)N[C@@H](Cc1ccc(O)cc1)C(=O)O. The van der Waals surface area contributed by atoms with E-state index in [2.05, 4.69) is 57.8 Å². The molecule has 4 rings (SSSR count). The predicted molar refractivity (Wildman–Crippen MR) is 321 cm³/mol. The molecule has 0 aliphatic rings. The van der Waals surface area contributed by atoms with Gasteiger partial charge in [-0.15, -0.1) is 0 Å². The summed E-state index contributed by atoms with van der Waals surface area (Å²) in [6, 6.07) is 5.81. The Kier molecular flexibility index (Phi) is 27.9. The molecule has 3 aromatic carbocycles. The number of H-pyrrole nitrogens is 1. The quantitative estimate of drug-likeness (QED) is 0.0118. The Hall–Kier alpha value is -10.2. The maximum absolute atomic E-state index is 14.2. The molecule has 10 atom stereocenters. The van der Waals surface area contributed by atoms with Crippen LogP contribution in [-0.4, -0.2) is 176 Å². The van der Waals surface area contributed by atoms with Gasteiger partial charge in [0, 0.05) is 42.9 Å². The molecule has 4 aromatic rings. The first-order valence-electron chi connectivity index (χ1n) is 28.3. The van der Waals surface area contributed by atoms with Crippen LogP contribution < -0.4 is 70.8 Å². The lowest BCUT2D eigenvalue weighted by atomic mass is 10.00. The number of carboxylic acid groups (broad SMARTS) is 2. The van der Waals surface area contributed by atoms with E-state index in [0.29, 0.717) is 11.1 Å². The number of hydrogen-bond donors (Lipinski definition) is 18. The van der Waals surface area contributed by atoms with Crippen molar-refractivity contribution in [2.45, 2.75) is 139 Å². The minimum absolute atomic E-state index is 0.0437. The van der Waals surface area contributed by atoms with Crippen molar-refractivity contribution in [2.75, 3.05) is 13.2 Å². The van der Waals surface area contributed by atoms with Gasteiger partial charge in [-0.3, -0.25) is 57.7 Å². The van der Waals surface area contributed by atoms with Gasteiger partial charge in [0.1, 0.15) is 60.1 Å². The average molecular weight is 1240 g/mol. The number of fused-ring (bicyclic) bond motifs is 1. The molecule has 0 unspecified atom stereocenters. The highest BCUT2D eigenvalue weighted by Gasteiger charge is 2.36. The van der Waals surface area contributed by atoms with Gasteiger partial charge in [0.15, 0.2) is 5.96 Å². The number of hydrogen-bond acceptors (Lipinski definition) is 16. The average Bonchev–Trinajstić information content (AvgIpc) is 2.51. The fourth-order valence-electron chi connectivity index (χ4n) is 8.89. The number of rotatable bonds is 36. The van der Waals surface area contributed by atoms with Gasteiger partial charge in [-0.25, -0.2) is 4.79 Å². The number of guanidine groups is 1. The van der Waals surface area contributed by atoms with Crippen molar-refractivity contribution in [3.63, 3.8) is 0 Å². The van der Waals surface area contributed by atoms with Crippen LogP contribution in [0.2, 0.25) is 0 Å². The number of amides is 10. The van der Waals surface area contributed by atoms with Gasteiger partial charge in [-0.05, 0) is 80.3 Å². The molecule has 0 saturated carbocycles. The summed E-state index contributed by atoms with van der Waals surface area (Å²) in [5, 5.41) is 61.6. The summed E-state index contributed by atoms with van der Waals surface area (Å²) in [6.45, 7) is 4.47. The largest absolute Gasteiger partial charge is 0.508 e. The molecule has 482 valence electrons. The van der Waals surface area contributed by atoms with Gasteiger partial charge in [0.2, 0.25) is 59.1 Å². The zero-order valence-corrected chi connectivity index (χ0v) is 49.4. The number of nitrogens with two attached hydrogens (primary N) is 4. The summed E-state index contributed by atoms with van der Waals surface area (Å²) in [5.74, 6) is -14.0. The number of aromatic nitrogens is 1. The lowest BCUT2D eigenvalue weighted by Crippen LogP contribution is -2.61. The first kappa shape index (κ1) is 71.3. The Balaban J connectivity index is 1.44. The maximum Gasteiger partial charge on any atom is 0.326 e. The number of phenols is 1. The number of carboxylic acids is 2. The van der Waals surface area contributed by atoms with Crippen molar-refractivity contribution in [2.24, 2.45) is 33.8 Å². The van der Waals surface area contributed by atoms with Crippen LogP contribution in [0, 0.1) is 5.92 Å². The number of carbonyl (C=O) groups excluding carboxylic acids is 10. The third-order valence-corrected chi connectivity index (χ3v) is 13.8. The zero-order valence-electron chi connectivity index (χ0n) is 49.4. The number of aliphatic hydroxyl groups is 1. The third kappa shape index (κ3) is 23.6. The molecule has 89 heavy (non-hydrogen) atoms. The Labute approximate surface area is 511 Å². The van der Waals surface area contributed by atoms with Crippen molar-refractivity contribution in [1.82, 2.24) is 52.8 Å². The number of carbonyl (C=O) groups is 12. The summed E-state index contributed by atoms with van der Waals surface area (Å²) < 4.78 is 0. The van der Waals surface area contributed by atoms with Crippen molar-refractivity contribution < 1.29 is 78.0 Å². The number of aliphatic hydroxyl groups excluding tert-OH is 1. The molecule has 0 radical (unpaired) electrons. The smallest absolute Gasteiger partial charge is 0.326 e. The first-order chi connectivity index (χ1) is 42.1. The summed E-state index contributed by atoms with van der Waals surface area (Å²) >= 11 is 0. The highest BCUT2D eigenvalue weighted by molar-refractivity contribution is 5.99. The van der Waals surface area contributed by atoms with E-state index in [1.165, 1.54) is 52.0 Å². The molecule has 0 saturated heterocycles. The molecular formula is C58H79N15O16. The van der Waals surface area contributed by atoms with Crippen LogP contribution in [0.3, 0.4) is 0 Å². The van der Waals surface area contributed by atoms with E-state index in [1.54, 1.807) is 36.5 Å². The third-order valence-electron chi connectivity index (χ3n) is 13.8. The second-order valence-electron chi connectivity index (χ2n) is 21.4. The Morgan fingerprint density at radius 3 is 1.63 bits per heavy atom. The van der Waals surface area contributed by atoms with Crippen molar-refractivity contribution in [3.8, 4) is 5.75 Å². The van der Waals surface area contributed by atoms with E-state index < -0.39 is 157 Å². The number of phenolic OH excluding ortho intramolecular Hbond substituents is 1. The molecule has 1 heterocycles. The predicted octanol–water partition coefficient (Wildman–Crippen LogP) is -3.84. The van der Waals surface area contributed by atoms with Gasteiger partial charge in [0.25, 0.3) is 0 Å². The van der Waals surface area contributed by atoms with E-state index in [0.717, 1.165) is 16.5 Å². The van der Waals surface area contributed by atoms with Gasteiger partial charge >= 0.3 is 11.9 Å². The van der Waals surface area contributed by atoms with E-state index >= 15 is 0 Å². The lowest BCUT2D eigenvalue weighted by molar-refractivity contribution is -0.143. The second kappa shape index (κ2) is 34.8. The molecule has 0 aliphatic heterocycles. The summed E-state index contributed by atoms with van der Waals surface area (Å²) in [4.78, 5) is 167. The van der Waals surface area contributed by atoms with E-state index in [-0.39, 0.29) is 56.8 Å². The van der Waals surface area contributed by atoms with Crippen LogP contribution in [0.1, 0.15) is 76.5 Å². The van der Waals surface area contributed by atoms with Crippen molar-refractivity contribution >= 4 is 87.9 Å². The molecule has 31 heteroatoms. The number of primary amides is 1. The number of para-hydroxylation sites is 1. The van der Waals surface area contributed by atoms with E-state index in [9.17, 15) is 78.0 Å². The summed E-state index contributed by atoms with van der Waals surface area (Å²) in [6.07, 6.45) is -0.378. The van der Waals surface area contributed by atoms with Gasteiger partial charge < -0.3 is 96.2 Å². The highest BCUT2D eigenvalue weighted by atomic mass is 16.4. The van der Waals surface area contributed by atoms with Crippen molar-refractivity contribution in [3.05, 3.63) is 102 Å². The maximum atomic E-state index is 14.2. The lowest BCUT2D eigenvalue weighted by Gasteiger charge is -2.28. The minimum atomic E-state index is -1.94. The molecular weight excluding hydrogens is 1160 g/mol. The molecule has 22 N–H and O–H groups in total. The number of nitrogens with zero attached hydrogens (tertiary/aromatic N) is 1. The standard InChI is InChI=1S/C58H79N15O16/c1-29(2)47(56(87)70-42(26-46(77)78)53(84)72-44(28-74)55(86)71-43(57(88)89)24-33-16-18-35(75)19-17-33)73-54(85)41(23-32-11-6-5-7-12-32)69-49(80)31(4)65-48(79)30(3)66-51(82)40(20-21-45(60)76)68-52(83)39(15-10-22-63-58(61)62)67-50(81)37(59)25-34-27-64-38-14-9-8-13-36(34)38/h5-9,11-14,16-19,27,29-31,37,39-44,47,64,74-75H,10,15,20-26,28,59H2,1-4H3,(H2,60,76)(H,65,79)(H,66,82)(H,67,81)(H,68,83)(H,69,80)(H,70,87)(H,71,86)(H,72,84)(H,73,85)(H,77,78)(H,88,89)(H4,61,62,63)/t30-,31-,37-,39-,40-,41-,42+,43+,44+,47+/m1/s1. The van der Waals surface area contributed by atoms with Gasteiger partial charge in [-0.1, -0.05) is 74.5 Å². The van der Waals surface area contributed by atoms with Crippen LogP contribution in [-0.2, 0) is 76.8 Å². The minimum Gasteiger partial charge on any atom is -0.508 e.